The van der Waals surface area contributed by atoms with E-state index in [4.69, 9.17) is 10.8 Å². The molecule has 0 aromatic heterocycles. The van der Waals surface area contributed by atoms with Crippen LogP contribution >= 0.6 is 31.9 Å². The number of hydrogen-bond acceptors (Lipinski definition) is 3. The Balaban J connectivity index is 2.43. The van der Waals surface area contributed by atoms with Crippen molar-refractivity contribution in [2.24, 2.45) is 5.73 Å². The minimum absolute atomic E-state index is 0.156. The molecular formula is C10H12Br2N2O2. The summed E-state index contributed by atoms with van der Waals surface area (Å²) < 4.78 is 1.94. The Labute approximate surface area is 110 Å². The first-order valence-corrected chi connectivity index (χ1v) is 6.21. The summed E-state index contributed by atoms with van der Waals surface area (Å²) in [4.78, 5) is 10.6. The minimum Gasteiger partial charge on any atom is -0.382 e. The monoisotopic (exact) mass is 350 g/mol. The van der Waals surface area contributed by atoms with Crippen molar-refractivity contribution in [3.05, 3.63) is 32.7 Å². The molecule has 1 rings (SSSR count). The number of hydrogen-bond donors (Lipinski definition) is 3. The molecule has 0 saturated carbocycles. The number of nitrogens with one attached hydrogen (secondary N) is 1. The molecule has 0 saturated heterocycles. The second kappa shape index (κ2) is 6.34. The molecule has 0 fully saturated rings. The number of carbonyl (C=O) groups is 1. The zero-order chi connectivity index (χ0) is 12.1. The van der Waals surface area contributed by atoms with Crippen LogP contribution in [0.25, 0.3) is 0 Å². The van der Waals surface area contributed by atoms with Crippen LogP contribution in [0.15, 0.2) is 27.1 Å². The van der Waals surface area contributed by atoms with Crippen molar-refractivity contribution in [2.45, 2.75) is 12.6 Å². The van der Waals surface area contributed by atoms with Crippen molar-refractivity contribution in [1.82, 2.24) is 5.32 Å². The molecule has 0 radical (unpaired) electrons. The summed E-state index contributed by atoms with van der Waals surface area (Å²) >= 11 is 6.76. The van der Waals surface area contributed by atoms with E-state index in [9.17, 15) is 4.79 Å². The van der Waals surface area contributed by atoms with Gasteiger partial charge in [-0.15, -0.1) is 0 Å². The number of amides is 1. The number of nitrogens with two attached hydrogens (primary N) is 1. The Morgan fingerprint density at radius 2 is 2.12 bits per heavy atom. The van der Waals surface area contributed by atoms with Crippen molar-refractivity contribution in [2.75, 3.05) is 6.54 Å². The highest BCUT2D eigenvalue weighted by atomic mass is 79.9. The molecule has 0 heterocycles. The lowest BCUT2D eigenvalue weighted by molar-refractivity contribution is -0.125. The third kappa shape index (κ3) is 4.21. The highest BCUT2D eigenvalue weighted by molar-refractivity contribution is 9.13. The molecule has 1 aromatic carbocycles. The van der Waals surface area contributed by atoms with E-state index in [0.717, 1.165) is 14.5 Å². The van der Waals surface area contributed by atoms with E-state index in [1.807, 2.05) is 18.2 Å². The van der Waals surface area contributed by atoms with Crippen LogP contribution in [0.2, 0.25) is 0 Å². The lowest BCUT2D eigenvalue weighted by Gasteiger charge is -2.08. The second-order valence-electron chi connectivity index (χ2n) is 3.30. The molecule has 0 aliphatic carbocycles. The summed E-state index contributed by atoms with van der Waals surface area (Å²) in [5.41, 5.74) is 5.96. The predicted octanol–water partition coefficient (Wildman–Crippen LogP) is 1.15. The molecule has 4 nitrogen and oxygen atoms in total. The first-order valence-electron chi connectivity index (χ1n) is 4.62. The maximum absolute atomic E-state index is 10.6. The summed E-state index contributed by atoms with van der Waals surface area (Å²) in [5, 5.41) is 12.1. The molecule has 88 valence electrons. The molecule has 0 spiro atoms. The highest BCUT2D eigenvalue weighted by Crippen LogP contribution is 2.23. The summed E-state index contributed by atoms with van der Waals surface area (Å²) in [6, 6.07) is 5.82. The predicted molar refractivity (Wildman–Crippen MR) is 68.7 cm³/mol. The molecular weight excluding hydrogens is 340 g/mol. The number of aliphatic hydroxyl groups is 1. The largest absolute Gasteiger partial charge is 0.382 e. The Kier molecular flexibility index (Phi) is 5.40. The van der Waals surface area contributed by atoms with Gasteiger partial charge in [-0.05, 0) is 49.6 Å². The van der Waals surface area contributed by atoms with Crippen LogP contribution in [-0.2, 0) is 11.3 Å². The molecule has 1 amide bonds. The van der Waals surface area contributed by atoms with Crippen LogP contribution in [0.3, 0.4) is 0 Å². The molecule has 0 aliphatic rings. The second-order valence-corrected chi connectivity index (χ2v) is 5.01. The number of carbonyl (C=O) groups excluding carboxylic acids is 1. The number of halogens is 2. The van der Waals surface area contributed by atoms with Gasteiger partial charge in [-0.2, -0.15) is 0 Å². The van der Waals surface area contributed by atoms with Gasteiger partial charge >= 0.3 is 0 Å². The van der Waals surface area contributed by atoms with Crippen molar-refractivity contribution >= 4 is 37.8 Å². The van der Waals surface area contributed by atoms with Crippen LogP contribution in [0.5, 0.6) is 0 Å². The zero-order valence-electron chi connectivity index (χ0n) is 8.41. The maximum Gasteiger partial charge on any atom is 0.247 e. The highest BCUT2D eigenvalue weighted by Gasteiger charge is 2.09. The third-order valence-electron chi connectivity index (χ3n) is 1.98. The third-order valence-corrected chi connectivity index (χ3v) is 3.86. The van der Waals surface area contributed by atoms with E-state index in [2.05, 4.69) is 37.2 Å². The maximum atomic E-state index is 10.6. The fourth-order valence-corrected chi connectivity index (χ4v) is 1.78. The van der Waals surface area contributed by atoms with Gasteiger partial charge in [-0.3, -0.25) is 4.79 Å². The average molecular weight is 352 g/mol. The number of rotatable bonds is 5. The van der Waals surface area contributed by atoms with Crippen LogP contribution in [0.4, 0.5) is 0 Å². The van der Waals surface area contributed by atoms with Gasteiger partial charge in [-0.1, -0.05) is 6.07 Å². The molecule has 0 bridgehead atoms. The van der Waals surface area contributed by atoms with Gasteiger partial charge in [0.15, 0.2) is 0 Å². The van der Waals surface area contributed by atoms with E-state index in [1.165, 1.54) is 0 Å². The van der Waals surface area contributed by atoms with Crippen molar-refractivity contribution < 1.29 is 9.90 Å². The van der Waals surface area contributed by atoms with Gasteiger partial charge in [0, 0.05) is 22.0 Å². The Bertz CT molecular complexity index is 385. The zero-order valence-corrected chi connectivity index (χ0v) is 11.6. The fourth-order valence-electron chi connectivity index (χ4n) is 1.10. The van der Waals surface area contributed by atoms with Crippen molar-refractivity contribution in [1.29, 1.82) is 0 Å². The summed E-state index contributed by atoms with van der Waals surface area (Å²) in [5.74, 6) is -0.718. The Morgan fingerprint density at radius 3 is 2.69 bits per heavy atom. The summed E-state index contributed by atoms with van der Waals surface area (Å²) in [6.45, 7) is 0.721. The van der Waals surface area contributed by atoms with Crippen LogP contribution in [0, 0.1) is 0 Å². The summed E-state index contributed by atoms with van der Waals surface area (Å²) in [7, 11) is 0. The van der Waals surface area contributed by atoms with Crippen LogP contribution in [0.1, 0.15) is 5.56 Å². The number of primary amides is 1. The topological polar surface area (TPSA) is 75.4 Å². The van der Waals surface area contributed by atoms with E-state index in [1.54, 1.807) is 0 Å². The van der Waals surface area contributed by atoms with E-state index in [-0.39, 0.29) is 6.54 Å². The van der Waals surface area contributed by atoms with Crippen molar-refractivity contribution in [3.63, 3.8) is 0 Å². The molecule has 4 N–H and O–H groups in total. The number of benzene rings is 1. The van der Waals surface area contributed by atoms with Gasteiger partial charge < -0.3 is 16.2 Å². The Morgan fingerprint density at radius 1 is 1.44 bits per heavy atom. The molecule has 16 heavy (non-hydrogen) atoms. The van der Waals surface area contributed by atoms with E-state index in [0.29, 0.717) is 6.54 Å². The Hall–Kier alpha value is -0.430. The smallest absolute Gasteiger partial charge is 0.247 e. The molecule has 6 heteroatoms. The van der Waals surface area contributed by atoms with Gasteiger partial charge in [0.1, 0.15) is 6.10 Å². The first kappa shape index (κ1) is 13.6. The van der Waals surface area contributed by atoms with E-state index >= 15 is 0 Å². The first-order chi connectivity index (χ1) is 7.50. The quantitative estimate of drug-likeness (QED) is 0.744. The standard InChI is InChI=1S/C10H12Br2N2O2/c11-7-2-1-6(3-8(7)12)4-14-5-9(15)10(13)16/h1-3,9,14-15H,4-5H2,(H2,13,16). The lowest BCUT2D eigenvalue weighted by Crippen LogP contribution is -2.37. The average Bonchev–Trinajstić information content (AvgIpc) is 2.23. The SMILES string of the molecule is NC(=O)C(O)CNCc1ccc(Br)c(Br)c1. The summed E-state index contributed by atoms with van der Waals surface area (Å²) in [6.07, 6.45) is -1.14. The van der Waals surface area contributed by atoms with Crippen molar-refractivity contribution in [3.8, 4) is 0 Å². The van der Waals surface area contributed by atoms with Gasteiger partial charge in [0.2, 0.25) is 5.91 Å². The van der Waals surface area contributed by atoms with Gasteiger partial charge in [-0.25, -0.2) is 0 Å². The van der Waals surface area contributed by atoms with Gasteiger partial charge in [0.05, 0.1) is 0 Å². The number of aliphatic hydroxyl groups excluding tert-OH is 1. The molecule has 1 unspecified atom stereocenters. The molecule has 0 aliphatic heterocycles. The molecule has 1 atom stereocenters. The van der Waals surface area contributed by atoms with Crippen LogP contribution < -0.4 is 11.1 Å². The molecule has 1 aromatic rings. The fraction of sp³-hybridized carbons (Fsp3) is 0.300. The normalized spacial score (nSPS) is 12.4. The lowest BCUT2D eigenvalue weighted by atomic mass is 10.2. The minimum atomic E-state index is -1.14. The van der Waals surface area contributed by atoms with Gasteiger partial charge in [0.25, 0.3) is 0 Å². The van der Waals surface area contributed by atoms with E-state index < -0.39 is 12.0 Å². The van der Waals surface area contributed by atoms with Crippen LogP contribution in [-0.4, -0.2) is 23.7 Å².